The minimum atomic E-state index is -3.50. The number of sulfonamides is 1. The Balaban J connectivity index is 1.66. The molecule has 4 aliphatic rings. The summed E-state index contributed by atoms with van der Waals surface area (Å²) < 4.78 is 30.1. The van der Waals surface area contributed by atoms with Gasteiger partial charge in [-0.3, -0.25) is 0 Å². The van der Waals surface area contributed by atoms with Gasteiger partial charge >= 0.3 is 0 Å². The first-order valence-corrected chi connectivity index (χ1v) is 12.3. The summed E-state index contributed by atoms with van der Waals surface area (Å²) in [6, 6.07) is 4.06. The first-order valence-electron chi connectivity index (χ1n) is 10.8. The zero-order valence-electron chi connectivity index (χ0n) is 17.3. The summed E-state index contributed by atoms with van der Waals surface area (Å²) >= 11 is 0. The van der Waals surface area contributed by atoms with E-state index in [1.807, 2.05) is 32.9 Å². The van der Waals surface area contributed by atoms with Gasteiger partial charge in [-0.05, 0) is 100 Å². The molecule has 1 aromatic rings. The highest BCUT2D eigenvalue weighted by molar-refractivity contribution is 7.89. The fourth-order valence-corrected chi connectivity index (χ4v) is 9.05. The number of aryl methyl sites for hydroxylation is 3. The topological polar surface area (TPSA) is 46.2 Å². The molecule has 0 amide bonds. The Hall–Kier alpha value is -0.870. The third kappa shape index (κ3) is 3.48. The van der Waals surface area contributed by atoms with Crippen LogP contribution in [0.4, 0.5) is 0 Å². The summed E-state index contributed by atoms with van der Waals surface area (Å²) in [6.07, 6.45) is 9.85. The van der Waals surface area contributed by atoms with E-state index in [9.17, 15) is 8.42 Å². The van der Waals surface area contributed by atoms with Crippen LogP contribution in [0.3, 0.4) is 0 Å². The molecule has 1 aromatic carbocycles. The van der Waals surface area contributed by atoms with Crippen molar-refractivity contribution >= 4 is 10.0 Å². The predicted octanol–water partition coefficient (Wildman–Crippen LogP) is 5.28. The first-order chi connectivity index (χ1) is 12.7. The number of benzene rings is 1. The lowest BCUT2D eigenvalue weighted by atomic mass is 9.47. The highest BCUT2D eigenvalue weighted by Crippen LogP contribution is 2.61. The second-order valence-corrected chi connectivity index (χ2v) is 11.6. The molecular weight excluding hydrogens is 354 g/mol. The van der Waals surface area contributed by atoms with E-state index in [1.54, 1.807) is 0 Å². The van der Waals surface area contributed by atoms with E-state index in [1.165, 1.54) is 38.5 Å². The molecule has 1 atom stereocenters. The van der Waals surface area contributed by atoms with Crippen molar-refractivity contribution in [1.29, 1.82) is 0 Å². The van der Waals surface area contributed by atoms with Crippen LogP contribution in [0.2, 0.25) is 0 Å². The van der Waals surface area contributed by atoms with Crippen LogP contribution in [0.15, 0.2) is 17.0 Å². The van der Waals surface area contributed by atoms with Gasteiger partial charge in [-0.1, -0.05) is 31.0 Å². The summed E-state index contributed by atoms with van der Waals surface area (Å²) in [5.41, 5.74) is 3.04. The third-order valence-corrected chi connectivity index (χ3v) is 9.35. The van der Waals surface area contributed by atoms with E-state index >= 15 is 0 Å². The summed E-state index contributed by atoms with van der Waals surface area (Å²) in [5, 5.41) is 0. The fraction of sp³-hybridized carbons (Fsp3) is 0.739. The van der Waals surface area contributed by atoms with Gasteiger partial charge in [0, 0.05) is 6.04 Å². The van der Waals surface area contributed by atoms with Crippen LogP contribution in [-0.2, 0) is 10.0 Å². The SMILES string of the molecule is CCCC(NS(=O)(=O)c1c(C)cc(C)cc1C)C12CC3CC(CC(C3)C1)C2. The second kappa shape index (κ2) is 6.88. The molecule has 1 unspecified atom stereocenters. The molecule has 0 saturated heterocycles. The molecule has 150 valence electrons. The summed E-state index contributed by atoms with van der Waals surface area (Å²) in [6.45, 7) is 8.06. The molecule has 4 heteroatoms. The summed E-state index contributed by atoms with van der Waals surface area (Å²) in [5.74, 6) is 2.51. The highest BCUT2D eigenvalue weighted by atomic mass is 32.2. The number of hydrogen-bond acceptors (Lipinski definition) is 2. The highest BCUT2D eigenvalue weighted by Gasteiger charge is 2.54. The first kappa shape index (κ1) is 19.4. The van der Waals surface area contributed by atoms with Crippen LogP contribution in [0.1, 0.15) is 75.0 Å². The van der Waals surface area contributed by atoms with Gasteiger partial charge < -0.3 is 0 Å². The molecule has 0 spiro atoms. The monoisotopic (exact) mass is 389 g/mol. The van der Waals surface area contributed by atoms with Crippen molar-refractivity contribution < 1.29 is 8.42 Å². The Bertz CT molecular complexity index is 768. The number of rotatable bonds is 6. The lowest BCUT2D eigenvalue weighted by Crippen LogP contribution is -2.56. The molecular formula is C23H35NO2S. The zero-order chi connectivity index (χ0) is 19.4. The van der Waals surface area contributed by atoms with Gasteiger partial charge in [0.15, 0.2) is 0 Å². The van der Waals surface area contributed by atoms with Crippen LogP contribution in [0, 0.1) is 43.9 Å². The maximum absolute atomic E-state index is 13.5. The standard InChI is InChI=1S/C23H35NO2S/c1-5-6-21(23-12-18-9-19(13-23)11-20(10-18)14-23)24-27(25,26)22-16(3)7-15(2)8-17(22)4/h7-8,18-21,24H,5-6,9-14H2,1-4H3. The molecule has 1 N–H and O–H groups in total. The smallest absolute Gasteiger partial charge is 0.207 e. The van der Waals surface area contributed by atoms with Gasteiger partial charge in [0.1, 0.15) is 0 Å². The van der Waals surface area contributed by atoms with Gasteiger partial charge in [-0.2, -0.15) is 0 Å². The molecule has 0 aromatic heterocycles. The molecule has 4 fully saturated rings. The van der Waals surface area contributed by atoms with Crippen molar-refractivity contribution in [1.82, 2.24) is 4.72 Å². The Morgan fingerprint density at radius 3 is 1.93 bits per heavy atom. The maximum Gasteiger partial charge on any atom is 0.241 e. The quantitative estimate of drug-likeness (QED) is 0.720. The second-order valence-electron chi connectivity index (χ2n) is 9.97. The molecule has 4 aliphatic carbocycles. The molecule has 4 bridgehead atoms. The van der Waals surface area contributed by atoms with Crippen molar-refractivity contribution in [3.63, 3.8) is 0 Å². The van der Waals surface area contributed by atoms with Crippen LogP contribution in [0.25, 0.3) is 0 Å². The molecule has 0 radical (unpaired) electrons. The van der Waals surface area contributed by atoms with Crippen LogP contribution >= 0.6 is 0 Å². The van der Waals surface area contributed by atoms with E-state index in [0.717, 1.165) is 47.3 Å². The van der Waals surface area contributed by atoms with E-state index in [4.69, 9.17) is 0 Å². The molecule has 27 heavy (non-hydrogen) atoms. The third-order valence-electron chi connectivity index (χ3n) is 7.57. The fourth-order valence-electron chi connectivity index (χ4n) is 7.22. The summed E-state index contributed by atoms with van der Waals surface area (Å²) in [7, 11) is -3.50. The lowest BCUT2D eigenvalue weighted by Gasteiger charge is -2.59. The van der Waals surface area contributed by atoms with E-state index in [2.05, 4.69) is 11.6 Å². The van der Waals surface area contributed by atoms with Gasteiger partial charge in [-0.25, -0.2) is 13.1 Å². The molecule has 0 heterocycles. The van der Waals surface area contributed by atoms with Gasteiger partial charge in [0.2, 0.25) is 10.0 Å². The van der Waals surface area contributed by atoms with Crippen molar-refractivity contribution in [2.24, 2.45) is 23.2 Å². The Kier molecular flexibility index (Phi) is 4.95. The molecule has 4 saturated carbocycles. The van der Waals surface area contributed by atoms with Crippen molar-refractivity contribution in [2.45, 2.75) is 90.0 Å². The zero-order valence-corrected chi connectivity index (χ0v) is 18.2. The average Bonchev–Trinajstić information content (AvgIpc) is 2.51. The molecule has 5 rings (SSSR count). The van der Waals surface area contributed by atoms with Gasteiger partial charge in [0.05, 0.1) is 4.90 Å². The minimum Gasteiger partial charge on any atom is -0.207 e. The van der Waals surface area contributed by atoms with Crippen LogP contribution in [-0.4, -0.2) is 14.5 Å². The maximum atomic E-state index is 13.5. The van der Waals surface area contributed by atoms with Crippen LogP contribution < -0.4 is 4.72 Å². The Morgan fingerprint density at radius 2 is 1.48 bits per heavy atom. The van der Waals surface area contributed by atoms with Crippen LogP contribution in [0.5, 0.6) is 0 Å². The predicted molar refractivity (Wildman–Crippen MR) is 110 cm³/mol. The average molecular weight is 390 g/mol. The largest absolute Gasteiger partial charge is 0.241 e. The van der Waals surface area contributed by atoms with E-state index in [-0.39, 0.29) is 11.5 Å². The Morgan fingerprint density at radius 1 is 1.00 bits per heavy atom. The Labute approximate surface area is 165 Å². The van der Waals surface area contributed by atoms with E-state index in [0.29, 0.717) is 4.90 Å². The number of nitrogens with one attached hydrogen (secondary N) is 1. The van der Waals surface area contributed by atoms with Crippen molar-refractivity contribution in [3.8, 4) is 0 Å². The number of hydrogen-bond donors (Lipinski definition) is 1. The van der Waals surface area contributed by atoms with Gasteiger partial charge in [0.25, 0.3) is 0 Å². The normalized spacial score (nSPS) is 33.4. The molecule has 3 nitrogen and oxygen atoms in total. The van der Waals surface area contributed by atoms with E-state index < -0.39 is 10.0 Å². The minimum absolute atomic E-state index is 0.0843. The lowest BCUT2D eigenvalue weighted by molar-refractivity contribution is -0.0712. The summed E-state index contributed by atoms with van der Waals surface area (Å²) in [4.78, 5) is 0.499. The molecule has 0 aliphatic heterocycles. The van der Waals surface area contributed by atoms with Crippen molar-refractivity contribution in [2.75, 3.05) is 0 Å². The van der Waals surface area contributed by atoms with Crippen molar-refractivity contribution in [3.05, 3.63) is 28.8 Å². The van der Waals surface area contributed by atoms with Gasteiger partial charge in [-0.15, -0.1) is 0 Å².